The Bertz CT molecular complexity index is 908. The number of benzene rings is 2. The van der Waals surface area contributed by atoms with E-state index in [1.165, 1.54) is 6.07 Å². The summed E-state index contributed by atoms with van der Waals surface area (Å²) in [6.45, 7) is 1.87. The fraction of sp³-hybridized carbons (Fsp3) is 0.316. The van der Waals surface area contributed by atoms with E-state index in [1.807, 2.05) is 30.3 Å². The Morgan fingerprint density at radius 1 is 1.08 bits per heavy atom. The van der Waals surface area contributed by atoms with Gasteiger partial charge in [0, 0.05) is 23.4 Å². The summed E-state index contributed by atoms with van der Waals surface area (Å²) in [7, 11) is 4.13. The van der Waals surface area contributed by atoms with Crippen LogP contribution in [0.3, 0.4) is 0 Å². The molecule has 0 aliphatic rings. The Kier molecular flexibility index (Phi) is 5.09. The number of nitro benzene ring substituents is 1. The monoisotopic (exact) mass is 338 g/mol. The summed E-state index contributed by atoms with van der Waals surface area (Å²) < 4.78 is 0. The second kappa shape index (κ2) is 7.44. The molecule has 0 aliphatic carbocycles. The van der Waals surface area contributed by atoms with E-state index >= 15 is 0 Å². The number of hydrogen-bond acceptors (Lipinski definition) is 5. The molecule has 25 heavy (non-hydrogen) atoms. The van der Waals surface area contributed by atoms with Gasteiger partial charge in [-0.05, 0) is 39.5 Å². The second-order valence-corrected chi connectivity index (χ2v) is 6.37. The minimum atomic E-state index is -0.370. The molecule has 3 rings (SSSR count). The molecule has 0 saturated carbocycles. The van der Waals surface area contributed by atoms with Crippen molar-refractivity contribution in [2.45, 2.75) is 12.8 Å². The molecule has 0 unspecified atom stereocenters. The van der Waals surface area contributed by atoms with E-state index < -0.39 is 0 Å². The fourth-order valence-corrected chi connectivity index (χ4v) is 3.00. The maximum Gasteiger partial charge on any atom is 0.295 e. The minimum Gasteiger partial charge on any atom is -0.384 e. The van der Waals surface area contributed by atoms with Crippen LogP contribution in [0.2, 0.25) is 0 Å². The number of nitro groups is 1. The quantitative estimate of drug-likeness (QED) is 0.304. The average Bonchev–Trinajstić information content (AvgIpc) is 2.59. The standard InChI is InChI=1S/C19H22N4O2/c1-22(2)13-6-5-12-20-18-14-8-3-4-10-16(14)21-19-15(18)9-7-11-17(19)23(24)25/h3-4,7-11H,5-6,12-13H2,1-2H3,(H,20,21). The summed E-state index contributed by atoms with van der Waals surface area (Å²) in [5, 5.41) is 16.6. The molecule has 1 aromatic heterocycles. The first-order valence-corrected chi connectivity index (χ1v) is 8.42. The molecule has 0 fully saturated rings. The van der Waals surface area contributed by atoms with Crippen LogP contribution in [0.5, 0.6) is 0 Å². The molecule has 130 valence electrons. The lowest BCUT2D eigenvalue weighted by Gasteiger charge is -2.14. The number of rotatable bonds is 7. The van der Waals surface area contributed by atoms with E-state index in [0.717, 1.165) is 47.9 Å². The van der Waals surface area contributed by atoms with Crippen LogP contribution in [-0.4, -0.2) is 42.0 Å². The van der Waals surface area contributed by atoms with Gasteiger partial charge < -0.3 is 10.2 Å². The molecule has 0 atom stereocenters. The summed E-state index contributed by atoms with van der Waals surface area (Å²) in [5.74, 6) is 0. The highest BCUT2D eigenvalue weighted by Crippen LogP contribution is 2.34. The van der Waals surface area contributed by atoms with Gasteiger partial charge in [-0.2, -0.15) is 0 Å². The molecular formula is C19H22N4O2. The normalized spacial score (nSPS) is 11.3. The molecule has 1 N–H and O–H groups in total. The molecule has 6 heteroatoms. The number of anilines is 1. The van der Waals surface area contributed by atoms with Crippen LogP contribution in [0.4, 0.5) is 11.4 Å². The largest absolute Gasteiger partial charge is 0.384 e. The number of nitrogens with one attached hydrogen (secondary N) is 1. The highest BCUT2D eigenvalue weighted by molar-refractivity contribution is 6.09. The molecule has 1 heterocycles. The van der Waals surface area contributed by atoms with Crippen molar-refractivity contribution in [2.24, 2.45) is 0 Å². The van der Waals surface area contributed by atoms with Crippen LogP contribution < -0.4 is 5.32 Å². The van der Waals surface area contributed by atoms with Crippen molar-refractivity contribution in [3.05, 3.63) is 52.6 Å². The zero-order valence-corrected chi connectivity index (χ0v) is 14.5. The molecule has 3 aromatic rings. The van der Waals surface area contributed by atoms with Crippen LogP contribution in [0, 0.1) is 10.1 Å². The second-order valence-electron chi connectivity index (χ2n) is 6.37. The third-order valence-corrected chi connectivity index (χ3v) is 4.22. The highest BCUT2D eigenvalue weighted by atomic mass is 16.6. The molecule has 0 radical (unpaired) electrons. The van der Waals surface area contributed by atoms with E-state index in [9.17, 15) is 10.1 Å². The zero-order chi connectivity index (χ0) is 17.8. The molecule has 0 aliphatic heterocycles. The topological polar surface area (TPSA) is 71.3 Å². The third-order valence-electron chi connectivity index (χ3n) is 4.22. The number of unbranched alkanes of at least 4 members (excludes halogenated alkanes) is 1. The maximum atomic E-state index is 11.4. The Morgan fingerprint density at radius 2 is 1.84 bits per heavy atom. The smallest absolute Gasteiger partial charge is 0.295 e. The number of para-hydroxylation sites is 2. The Labute approximate surface area is 146 Å². The summed E-state index contributed by atoms with van der Waals surface area (Å²) in [4.78, 5) is 17.7. The van der Waals surface area contributed by atoms with Gasteiger partial charge in [-0.25, -0.2) is 4.98 Å². The first-order chi connectivity index (χ1) is 12.1. The van der Waals surface area contributed by atoms with Gasteiger partial charge in [0.05, 0.1) is 16.1 Å². The average molecular weight is 338 g/mol. The molecule has 0 amide bonds. The van der Waals surface area contributed by atoms with Gasteiger partial charge in [-0.1, -0.05) is 30.3 Å². The van der Waals surface area contributed by atoms with Crippen molar-refractivity contribution in [3.63, 3.8) is 0 Å². The lowest BCUT2D eigenvalue weighted by Crippen LogP contribution is -2.14. The number of non-ortho nitro benzene ring substituents is 1. The summed E-state index contributed by atoms with van der Waals surface area (Å²) >= 11 is 0. The number of fused-ring (bicyclic) bond motifs is 2. The van der Waals surface area contributed by atoms with E-state index in [1.54, 1.807) is 6.07 Å². The van der Waals surface area contributed by atoms with Crippen LogP contribution >= 0.6 is 0 Å². The number of aromatic nitrogens is 1. The van der Waals surface area contributed by atoms with Gasteiger partial charge in [0.25, 0.3) is 5.69 Å². The minimum absolute atomic E-state index is 0.0407. The first kappa shape index (κ1) is 17.1. The predicted octanol–water partition coefficient (Wildman–Crippen LogP) is 4.05. The number of nitrogens with zero attached hydrogens (tertiary/aromatic N) is 3. The van der Waals surface area contributed by atoms with E-state index in [0.29, 0.717) is 5.52 Å². The molecule has 0 saturated heterocycles. The van der Waals surface area contributed by atoms with Crippen molar-refractivity contribution >= 4 is 33.2 Å². The van der Waals surface area contributed by atoms with Crippen molar-refractivity contribution in [3.8, 4) is 0 Å². The summed E-state index contributed by atoms with van der Waals surface area (Å²) in [6, 6.07) is 12.9. The number of pyridine rings is 1. The third kappa shape index (κ3) is 3.69. The Hall–Kier alpha value is -2.73. The number of hydrogen-bond donors (Lipinski definition) is 1. The van der Waals surface area contributed by atoms with Crippen LogP contribution in [-0.2, 0) is 0 Å². The van der Waals surface area contributed by atoms with Crippen LogP contribution in [0.1, 0.15) is 12.8 Å². The van der Waals surface area contributed by atoms with Crippen LogP contribution in [0.15, 0.2) is 42.5 Å². The van der Waals surface area contributed by atoms with Gasteiger partial charge in [-0.15, -0.1) is 0 Å². The van der Waals surface area contributed by atoms with Gasteiger partial charge in [-0.3, -0.25) is 10.1 Å². The molecule has 6 nitrogen and oxygen atoms in total. The van der Waals surface area contributed by atoms with Gasteiger partial charge in [0.1, 0.15) is 0 Å². The van der Waals surface area contributed by atoms with E-state index in [-0.39, 0.29) is 10.6 Å². The van der Waals surface area contributed by atoms with Crippen molar-refractivity contribution in [1.29, 1.82) is 0 Å². The molecule has 2 aromatic carbocycles. The fourth-order valence-electron chi connectivity index (χ4n) is 3.00. The van der Waals surface area contributed by atoms with Gasteiger partial charge in [0.2, 0.25) is 0 Å². The van der Waals surface area contributed by atoms with Gasteiger partial charge in [0.15, 0.2) is 5.52 Å². The zero-order valence-electron chi connectivity index (χ0n) is 14.5. The SMILES string of the molecule is CN(C)CCCCNc1c2ccccc2nc2c([N+](=O)[O-])cccc12. The lowest BCUT2D eigenvalue weighted by atomic mass is 10.1. The Balaban J connectivity index is 2.01. The van der Waals surface area contributed by atoms with Crippen molar-refractivity contribution < 1.29 is 4.92 Å². The van der Waals surface area contributed by atoms with Crippen molar-refractivity contribution in [1.82, 2.24) is 9.88 Å². The molecular weight excluding hydrogens is 316 g/mol. The van der Waals surface area contributed by atoms with E-state index in [2.05, 4.69) is 29.3 Å². The Morgan fingerprint density at radius 3 is 2.60 bits per heavy atom. The first-order valence-electron chi connectivity index (χ1n) is 8.42. The maximum absolute atomic E-state index is 11.4. The summed E-state index contributed by atoms with van der Waals surface area (Å²) in [6.07, 6.45) is 2.13. The van der Waals surface area contributed by atoms with E-state index in [4.69, 9.17) is 0 Å². The molecule has 0 spiro atoms. The highest BCUT2D eigenvalue weighted by Gasteiger charge is 2.17. The predicted molar refractivity (Wildman–Crippen MR) is 102 cm³/mol. The van der Waals surface area contributed by atoms with Gasteiger partial charge >= 0.3 is 0 Å². The lowest BCUT2D eigenvalue weighted by molar-refractivity contribution is -0.383. The molecule has 0 bridgehead atoms. The summed E-state index contributed by atoms with van der Waals surface area (Å²) in [5.41, 5.74) is 2.16. The van der Waals surface area contributed by atoms with Crippen LogP contribution in [0.25, 0.3) is 21.8 Å². The van der Waals surface area contributed by atoms with Crippen molar-refractivity contribution in [2.75, 3.05) is 32.5 Å².